The van der Waals surface area contributed by atoms with Crippen LogP contribution in [-0.2, 0) is 21.4 Å². The number of nitrogens with zero attached hydrogens (tertiary/aromatic N) is 2. The molecule has 1 fully saturated rings. The molecule has 0 atom stereocenters. The number of carbonyl (C=O) groups excluding carboxylic acids is 1. The fraction of sp³-hybridized carbons (Fsp3) is 0.435. The van der Waals surface area contributed by atoms with Crippen LogP contribution in [0.4, 0.5) is 5.69 Å². The molecule has 1 amide bonds. The van der Waals surface area contributed by atoms with E-state index in [1.807, 2.05) is 13.8 Å². The second-order valence-electron chi connectivity index (χ2n) is 8.31. The molecule has 2 aromatic carbocycles. The molecule has 0 spiro atoms. The summed E-state index contributed by atoms with van der Waals surface area (Å²) in [7, 11) is -1.97. The van der Waals surface area contributed by atoms with Gasteiger partial charge in [0.1, 0.15) is 0 Å². The van der Waals surface area contributed by atoms with Crippen molar-refractivity contribution in [3.8, 4) is 0 Å². The van der Waals surface area contributed by atoms with E-state index in [0.717, 1.165) is 19.4 Å². The molecule has 7 heteroatoms. The third-order valence-corrected chi connectivity index (χ3v) is 7.51. The normalized spacial score (nSPS) is 14.5. The van der Waals surface area contributed by atoms with Crippen molar-refractivity contribution in [2.45, 2.75) is 57.1 Å². The lowest BCUT2D eigenvalue weighted by Gasteiger charge is -2.22. The Bertz CT molecular complexity index is 966. The molecule has 1 aliphatic rings. The van der Waals surface area contributed by atoms with E-state index < -0.39 is 10.0 Å². The van der Waals surface area contributed by atoms with E-state index in [2.05, 4.69) is 41.4 Å². The third kappa shape index (κ3) is 5.68. The second-order valence-corrected chi connectivity index (χ2v) is 10.3. The first-order valence-electron chi connectivity index (χ1n) is 10.3. The van der Waals surface area contributed by atoms with Crippen LogP contribution in [0, 0.1) is 6.92 Å². The second kappa shape index (κ2) is 9.29. The van der Waals surface area contributed by atoms with Crippen molar-refractivity contribution in [3.63, 3.8) is 0 Å². The highest BCUT2D eigenvalue weighted by Crippen LogP contribution is 2.28. The highest BCUT2D eigenvalue weighted by atomic mass is 32.2. The van der Waals surface area contributed by atoms with Gasteiger partial charge in [-0.05, 0) is 63.4 Å². The predicted octanol–water partition coefficient (Wildman–Crippen LogP) is 3.63. The molecule has 0 unspecified atom stereocenters. The van der Waals surface area contributed by atoms with Crippen LogP contribution < -0.4 is 5.32 Å². The molecular weight excluding hydrogens is 398 g/mol. The predicted molar refractivity (Wildman–Crippen MR) is 120 cm³/mol. The average molecular weight is 430 g/mol. The van der Waals surface area contributed by atoms with E-state index in [9.17, 15) is 13.2 Å². The van der Waals surface area contributed by atoms with Crippen molar-refractivity contribution < 1.29 is 13.2 Å². The third-order valence-electron chi connectivity index (χ3n) is 5.46. The van der Waals surface area contributed by atoms with Crippen molar-refractivity contribution >= 4 is 21.6 Å². The number of carbonyl (C=O) groups is 1. The van der Waals surface area contributed by atoms with Gasteiger partial charge in [-0.25, -0.2) is 8.42 Å². The topological polar surface area (TPSA) is 69.7 Å². The summed E-state index contributed by atoms with van der Waals surface area (Å²) in [5, 5.41) is 2.89. The Kier molecular flexibility index (Phi) is 6.95. The van der Waals surface area contributed by atoms with Gasteiger partial charge in [-0.1, -0.05) is 29.8 Å². The Labute approximate surface area is 179 Å². The monoisotopic (exact) mass is 429 g/mol. The first-order chi connectivity index (χ1) is 14.2. The molecule has 0 aromatic heterocycles. The number of aryl methyl sites for hydroxylation is 1. The summed E-state index contributed by atoms with van der Waals surface area (Å²) in [4.78, 5) is 15.0. The standard InChI is InChI=1S/C23H31N3O3S/c1-17(2)25(4)30(28,29)22-13-9-20(10-14-22)24-23(27)16-26(21-11-12-21)15-19-7-5-18(3)6-8-19/h5-10,13-14,17,21H,11-12,15-16H2,1-4H3,(H,24,27). The van der Waals surface area contributed by atoms with Crippen molar-refractivity contribution in [1.82, 2.24) is 9.21 Å². The van der Waals surface area contributed by atoms with Gasteiger partial charge < -0.3 is 5.32 Å². The Morgan fingerprint density at radius 3 is 2.20 bits per heavy atom. The lowest BCUT2D eigenvalue weighted by molar-refractivity contribution is -0.117. The number of anilines is 1. The maximum absolute atomic E-state index is 12.6. The van der Waals surface area contributed by atoms with Crippen molar-refractivity contribution in [2.75, 3.05) is 18.9 Å². The van der Waals surface area contributed by atoms with E-state index in [0.29, 0.717) is 18.3 Å². The van der Waals surface area contributed by atoms with Crippen LogP contribution in [0.5, 0.6) is 0 Å². The van der Waals surface area contributed by atoms with Gasteiger partial charge in [-0.2, -0.15) is 4.31 Å². The van der Waals surface area contributed by atoms with Crippen LogP contribution in [0.3, 0.4) is 0 Å². The van der Waals surface area contributed by atoms with Crippen molar-refractivity contribution in [1.29, 1.82) is 0 Å². The Morgan fingerprint density at radius 1 is 1.07 bits per heavy atom. The SMILES string of the molecule is Cc1ccc(CN(CC(=O)Nc2ccc(S(=O)(=O)N(C)C(C)C)cc2)C2CC2)cc1. The summed E-state index contributed by atoms with van der Waals surface area (Å²) in [5.41, 5.74) is 3.01. The average Bonchev–Trinajstić information content (AvgIpc) is 3.54. The molecule has 2 aromatic rings. The maximum atomic E-state index is 12.6. The molecular formula is C23H31N3O3S. The van der Waals surface area contributed by atoms with Gasteiger partial charge in [-0.15, -0.1) is 0 Å². The summed E-state index contributed by atoms with van der Waals surface area (Å²) in [6.07, 6.45) is 2.24. The van der Waals surface area contributed by atoms with E-state index >= 15 is 0 Å². The van der Waals surface area contributed by atoms with Crippen LogP contribution in [0.25, 0.3) is 0 Å². The zero-order valence-electron chi connectivity index (χ0n) is 18.1. The number of benzene rings is 2. The summed E-state index contributed by atoms with van der Waals surface area (Å²) in [6.45, 7) is 6.78. The Morgan fingerprint density at radius 2 is 1.67 bits per heavy atom. The minimum Gasteiger partial charge on any atom is -0.325 e. The van der Waals surface area contributed by atoms with Gasteiger partial charge in [0, 0.05) is 31.4 Å². The van der Waals surface area contributed by atoms with Gasteiger partial charge >= 0.3 is 0 Å². The molecule has 30 heavy (non-hydrogen) atoms. The summed E-state index contributed by atoms with van der Waals surface area (Å²) in [5.74, 6) is -0.0936. The minimum atomic E-state index is -3.53. The quantitative estimate of drug-likeness (QED) is 0.661. The zero-order chi connectivity index (χ0) is 21.9. The summed E-state index contributed by atoms with van der Waals surface area (Å²) in [6, 6.07) is 15.1. The van der Waals surface area contributed by atoms with Crippen LogP contribution in [0.15, 0.2) is 53.4 Å². The van der Waals surface area contributed by atoms with Gasteiger partial charge in [0.2, 0.25) is 15.9 Å². The molecule has 0 aliphatic heterocycles. The van der Waals surface area contributed by atoms with Gasteiger partial charge in [0.15, 0.2) is 0 Å². The molecule has 0 heterocycles. The number of rotatable bonds is 9. The minimum absolute atomic E-state index is 0.0936. The van der Waals surface area contributed by atoms with Crippen molar-refractivity contribution in [2.24, 2.45) is 0 Å². The molecule has 0 bridgehead atoms. The van der Waals surface area contributed by atoms with Crippen LogP contribution >= 0.6 is 0 Å². The van der Waals surface area contributed by atoms with E-state index in [-0.39, 0.29) is 16.8 Å². The van der Waals surface area contributed by atoms with E-state index in [1.165, 1.54) is 27.6 Å². The molecule has 3 rings (SSSR count). The fourth-order valence-corrected chi connectivity index (χ4v) is 4.59. The highest BCUT2D eigenvalue weighted by molar-refractivity contribution is 7.89. The first kappa shape index (κ1) is 22.5. The first-order valence-corrected chi connectivity index (χ1v) is 11.8. The Balaban J connectivity index is 1.61. The van der Waals surface area contributed by atoms with Crippen LogP contribution in [0.2, 0.25) is 0 Å². The molecule has 6 nitrogen and oxygen atoms in total. The number of nitrogens with one attached hydrogen (secondary N) is 1. The van der Waals surface area contributed by atoms with Gasteiger partial charge in [0.05, 0.1) is 11.4 Å². The molecule has 1 saturated carbocycles. The van der Waals surface area contributed by atoms with Gasteiger partial charge in [-0.3, -0.25) is 9.69 Å². The number of hydrogen-bond acceptors (Lipinski definition) is 4. The largest absolute Gasteiger partial charge is 0.325 e. The summed E-state index contributed by atoms with van der Waals surface area (Å²) < 4.78 is 26.5. The van der Waals surface area contributed by atoms with E-state index in [1.54, 1.807) is 19.2 Å². The molecule has 1 N–H and O–H groups in total. The molecule has 162 valence electrons. The zero-order valence-corrected chi connectivity index (χ0v) is 18.9. The fourth-order valence-electron chi connectivity index (χ4n) is 3.22. The molecule has 0 saturated heterocycles. The number of hydrogen-bond donors (Lipinski definition) is 1. The van der Waals surface area contributed by atoms with Gasteiger partial charge in [0.25, 0.3) is 0 Å². The number of amides is 1. The number of sulfonamides is 1. The summed E-state index contributed by atoms with van der Waals surface area (Å²) >= 11 is 0. The van der Waals surface area contributed by atoms with Crippen LogP contribution in [-0.4, -0.2) is 49.2 Å². The molecule has 1 aliphatic carbocycles. The maximum Gasteiger partial charge on any atom is 0.243 e. The lowest BCUT2D eigenvalue weighted by atomic mass is 10.1. The van der Waals surface area contributed by atoms with Crippen LogP contribution in [0.1, 0.15) is 37.8 Å². The highest BCUT2D eigenvalue weighted by Gasteiger charge is 2.30. The lowest BCUT2D eigenvalue weighted by Crippen LogP contribution is -2.34. The Hall–Kier alpha value is -2.22. The van der Waals surface area contributed by atoms with E-state index in [4.69, 9.17) is 0 Å². The smallest absolute Gasteiger partial charge is 0.243 e. The molecule has 0 radical (unpaired) electrons. The van der Waals surface area contributed by atoms with Crippen molar-refractivity contribution in [3.05, 3.63) is 59.7 Å².